The van der Waals surface area contributed by atoms with Crippen LogP contribution in [0.2, 0.25) is 5.02 Å². The third kappa shape index (κ3) is 4.22. The molecule has 5 heteroatoms. The van der Waals surface area contributed by atoms with Crippen LogP contribution in [0, 0.1) is 5.82 Å². The summed E-state index contributed by atoms with van der Waals surface area (Å²) in [7, 11) is 0. The zero-order valence-corrected chi connectivity index (χ0v) is 13.6. The van der Waals surface area contributed by atoms with Crippen LogP contribution < -0.4 is 4.90 Å². The Hall–Kier alpha value is -1.62. The van der Waals surface area contributed by atoms with Gasteiger partial charge in [0.2, 0.25) is 0 Å². The molecule has 1 heterocycles. The molecule has 1 fully saturated rings. The number of halogens is 2. The van der Waals surface area contributed by atoms with E-state index in [0.717, 1.165) is 36.8 Å². The summed E-state index contributed by atoms with van der Waals surface area (Å²) in [5.74, 6) is -0.280. The number of β-amino-alcohol motifs (C(OH)–C–C–N with tert-alkyl or cyclic N) is 1. The maximum absolute atomic E-state index is 12.9. The summed E-state index contributed by atoms with van der Waals surface area (Å²) in [5, 5.41) is 11.0. The highest BCUT2D eigenvalue weighted by atomic mass is 35.5. The zero-order valence-electron chi connectivity index (χ0n) is 12.8. The second-order valence-corrected chi connectivity index (χ2v) is 6.27. The minimum atomic E-state index is -0.585. The monoisotopic (exact) mass is 334 g/mol. The van der Waals surface area contributed by atoms with Crippen molar-refractivity contribution in [3.63, 3.8) is 0 Å². The van der Waals surface area contributed by atoms with E-state index in [9.17, 15) is 9.50 Å². The van der Waals surface area contributed by atoms with Crippen molar-refractivity contribution in [2.45, 2.75) is 6.10 Å². The van der Waals surface area contributed by atoms with Gasteiger partial charge in [-0.3, -0.25) is 4.90 Å². The first-order valence-corrected chi connectivity index (χ1v) is 8.16. The number of aliphatic hydroxyl groups is 1. The molecule has 0 saturated carbocycles. The maximum Gasteiger partial charge on any atom is 0.123 e. The van der Waals surface area contributed by atoms with E-state index in [0.29, 0.717) is 6.54 Å². The van der Waals surface area contributed by atoms with Crippen molar-refractivity contribution in [1.29, 1.82) is 0 Å². The molecular formula is C18H20ClFN2O. The molecule has 122 valence electrons. The first-order chi connectivity index (χ1) is 11.1. The number of aliphatic hydroxyl groups excluding tert-OH is 1. The smallest absolute Gasteiger partial charge is 0.123 e. The van der Waals surface area contributed by atoms with Gasteiger partial charge in [-0.25, -0.2) is 4.39 Å². The molecule has 0 aliphatic carbocycles. The van der Waals surface area contributed by atoms with Gasteiger partial charge in [-0.1, -0.05) is 23.7 Å². The Morgan fingerprint density at radius 3 is 2.17 bits per heavy atom. The van der Waals surface area contributed by atoms with Gasteiger partial charge in [0.25, 0.3) is 0 Å². The number of rotatable bonds is 4. The van der Waals surface area contributed by atoms with Crippen molar-refractivity contribution >= 4 is 17.3 Å². The molecule has 0 aromatic heterocycles. The molecule has 0 spiro atoms. The molecule has 0 amide bonds. The summed E-state index contributed by atoms with van der Waals surface area (Å²) >= 11 is 5.92. The molecule has 1 aliphatic rings. The molecule has 2 aromatic carbocycles. The Labute approximate surface area is 140 Å². The van der Waals surface area contributed by atoms with E-state index in [4.69, 9.17) is 11.6 Å². The molecule has 0 unspecified atom stereocenters. The van der Waals surface area contributed by atoms with E-state index in [1.54, 1.807) is 12.1 Å². The van der Waals surface area contributed by atoms with E-state index >= 15 is 0 Å². The molecule has 3 rings (SSSR count). The Bertz CT molecular complexity index is 624. The van der Waals surface area contributed by atoms with E-state index < -0.39 is 6.10 Å². The van der Waals surface area contributed by atoms with Crippen LogP contribution in [0.5, 0.6) is 0 Å². The highest BCUT2D eigenvalue weighted by molar-refractivity contribution is 6.30. The lowest BCUT2D eigenvalue weighted by atomic mass is 10.1. The van der Waals surface area contributed by atoms with E-state index in [-0.39, 0.29) is 5.82 Å². The largest absolute Gasteiger partial charge is 0.387 e. The van der Waals surface area contributed by atoms with Gasteiger partial charge in [0, 0.05) is 43.4 Å². The third-order valence-electron chi connectivity index (χ3n) is 4.25. The number of nitrogens with zero attached hydrogens (tertiary/aromatic N) is 2. The van der Waals surface area contributed by atoms with Crippen LogP contribution >= 0.6 is 11.6 Å². The van der Waals surface area contributed by atoms with Crippen molar-refractivity contribution in [2.24, 2.45) is 0 Å². The van der Waals surface area contributed by atoms with Crippen molar-refractivity contribution in [1.82, 2.24) is 4.90 Å². The molecular weight excluding hydrogens is 315 g/mol. The Morgan fingerprint density at radius 1 is 0.957 bits per heavy atom. The molecule has 1 atom stereocenters. The molecule has 0 radical (unpaired) electrons. The van der Waals surface area contributed by atoms with Crippen LogP contribution in [0.3, 0.4) is 0 Å². The fourth-order valence-electron chi connectivity index (χ4n) is 2.88. The van der Waals surface area contributed by atoms with Crippen LogP contribution in [-0.2, 0) is 0 Å². The predicted molar refractivity (Wildman–Crippen MR) is 91.5 cm³/mol. The lowest BCUT2D eigenvalue weighted by Gasteiger charge is -2.37. The topological polar surface area (TPSA) is 26.7 Å². The van der Waals surface area contributed by atoms with Gasteiger partial charge in [-0.15, -0.1) is 0 Å². The highest BCUT2D eigenvalue weighted by Gasteiger charge is 2.20. The van der Waals surface area contributed by atoms with Crippen LogP contribution in [0.4, 0.5) is 10.1 Å². The van der Waals surface area contributed by atoms with Gasteiger partial charge < -0.3 is 10.0 Å². The summed E-state index contributed by atoms with van der Waals surface area (Å²) in [4.78, 5) is 4.55. The van der Waals surface area contributed by atoms with Gasteiger partial charge in [0.05, 0.1) is 6.10 Å². The van der Waals surface area contributed by atoms with Crippen LogP contribution in [0.25, 0.3) is 0 Å². The summed E-state index contributed by atoms with van der Waals surface area (Å²) in [5.41, 5.74) is 1.93. The second kappa shape index (κ2) is 7.30. The fraction of sp³-hybridized carbons (Fsp3) is 0.333. The molecule has 1 saturated heterocycles. The van der Waals surface area contributed by atoms with E-state index in [1.165, 1.54) is 17.8 Å². The van der Waals surface area contributed by atoms with Crippen molar-refractivity contribution in [3.8, 4) is 0 Å². The number of benzene rings is 2. The summed E-state index contributed by atoms with van der Waals surface area (Å²) in [6.07, 6.45) is -0.585. The van der Waals surface area contributed by atoms with Crippen LogP contribution in [0.1, 0.15) is 11.7 Å². The summed E-state index contributed by atoms with van der Waals surface area (Å²) < 4.78 is 12.9. The lowest BCUT2D eigenvalue weighted by Crippen LogP contribution is -2.47. The SMILES string of the molecule is O[C@H](CN1CCN(c2ccc(Cl)cc2)CC1)c1ccc(F)cc1. The minimum Gasteiger partial charge on any atom is -0.387 e. The van der Waals surface area contributed by atoms with Gasteiger partial charge >= 0.3 is 0 Å². The molecule has 2 aromatic rings. The van der Waals surface area contributed by atoms with Crippen molar-refractivity contribution in [3.05, 3.63) is 64.9 Å². The second-order valence-electron chi connectivity index (χ2n) is 5.83. The summed E-state index contributed by atoms with van der Waals surface area (Å²) in [6, 6.07) is 13.9. The average Bonchev–Trinajstić information content (AvgIpc) is 2.57. The zero-order chi connectivity index (χ0) is 16.2. The third-order valence-corrected chi connectivity index (χ3v) is 4.50. The van der Waals surface area contributed by atoms with Gasteiger partial charge in [-0.2, -0.15) is 0 Å². The standard InChI is InChI=1S/C18H20ClFN2O/c19-15-3-7-17(8-4-15)22-11-9-21(10-12-22)13-18(23)14-1-5-16(20)6-2-14/h1-8,18,23H,9-13H2/t18-/m1/s1. The first kappa shape index (κ1) is 16.2. The Morgan fingerprint density at radius 2 is 1.57 bits per heavy atom. The molecule has 1 aliphatic heterocycles. The average molecular weight is 335 g/mol. The fourth-order valence-corrected chi connectivity index (χ4v) is 3.00. The predicted octanol–water partition coefficient (Wildman–Crippen LogP) is 3.33. The van der Waals surface area contributed by atoms with Gasteiger partial charge in [-0.05, 0) is 42.0 Å². The van der Waals surface area contributed by atoms with Gasteiger partial charge in [0.15, 0.2) is 0 Å². The molecule has 1 N–H and O–H groups in total. The van der Waals surface area contributed by atoms with Crippen molar-refractivity contribution in [2.75, 3.05) is 37.6 Å². The maximum atomic E-state index is 12.9. The van der Waals surface area contributed by atoms with Gasteiger partial charge in [0.1, 0.15) is 5.82 Å². The minimum absolute atomic E-state index is 0.280. The lowest BCUT2D eigenvalue weighted by molar-refractivity contribution is 0.109. The molecule has 3 nitrogen and oxygen atoms in total. The highest BCUT2D eigenvalue weighted by Crippen LogP contribution is 2.21. The number of piperazine rings is 1. The molecule has 23 heavy (non-hydrogen) atoms. The Balaban J connectivity index is 1.52. The normalized spacial score (nSPS) is 17.3. The van der Waals surface area contributed by atoms with Crippen LogP contribution in [-0.4, -0.2) is 42.7 Å². The number of hydrogen-bond acceptors (Lipinski definition) is 3. The summed E-state index contributed by atoms with van der Waals surface area (Å²) in [6.45, 7) is 4.18. The van der Waals surface area contributed by atoms with Crippen molar-refractivity contribution < 1.29 is 9.50 Å². The Kier molecular flexibility index (Phi) is 5.16. The quantitative estimate of drug-likeness (QED) is 0.929. The number of hydrogen-bond donors (Lipinski definition) is 1. The number of anilines is 1. The van der Waals surface area contributed by atoms with Crippen LogP contribution in [0.15, 0.2) is 48.5 Å². The van der Waals surface area contributed by atoms with E-state index in [1.807, 2.05) is 24.3 Å². The van der Waals surface area contributed by atoms with E-state index in [2.05, 4.69) is 9.80 Å². The first-order valence-electron chi connectivity index (χ1n) is 7.78. The molecule has 0 bridgehead atoms.